The van der Waals surface area contributed by atoms with Gasteiger partial charge in [-0.3, -0.25) is 4.57 Å². The first kappa shape index (κ1) is 11.4. The van der Waals surface area contributed by atoms with E-state index in [2.05, 4.69) is 21.9 Å². The van der Waals surface area contributed by atoms with Gasteiger partial charge in [-0.15, -0.1) is 0 Å². The molecule has 0 unspecified atom stereocenters. The van der Waals surface area contributed by atoms with Gasteiger partial charge in [0, 0.05) is 5.92 Å². The molecule has 1 fully saturated rings. The summed E-state index contributed by atoms with van der Waals surface area (Å²) in [5.41, 5.74) is 7.00. The number of rotatable bonds is 2. The lowest BCUT2D eigenvalue weighted by atomic mass is 10.1. The molecule has 3 heterocycles. The molecule has 2 aromatic rings. The number of nitrogens with zero attached hydrogens (tertiary/aromatic N) is 4. The van der Waals surface area contributed by atoms with Crippen LogP contribution < -0.4 is 5.73 Å². The molecule has 2 aromatic heterocycles. The maximum absolute atomic E-state index is 9.16. The van der Waals surface area contributed by atoms with Gasteiger partial charge in [-0.05, 0) is 6.42 Å². The van der Waals surface area contributed by atoms with Crippen LogP contribution in [0, 0.1) is 5.92 Å². The van der Waals surface area contributed by atoms with E-state index in [0.29, 0.717) is 17.0 Å². The molecule has 7 heteroatoms. The van der Waals surface area contributed by atoms with Crippen LogP contribution in [-0.2, 0) is 4.74 Å². The lowest BCUT2D eigenvalue weighted by molar-refractivity contribution is -0.0294. The Morgan fingerprint density at radius 1 is 1.50 bits per heavy atom. The first-order valence-electron chi connectivity index (χ1n) is 5.90. The molecule has 18 heavy (non-hydrogen) atoms. The van der Waals surface area contributed by atoms with Crippen molar-refractivity contribution >= 4 is 17.0 Å². The minimum atomic E-state index is -0.165. The maximum Gasteiger partial charge on any atom is 0.167 e. The Kier molecular flexibility index (Phi) is 2.64. The molecule has 0 radical (unpaired) electrons. The number of imidazole rings is 1. The molecule has 96 valence electrons. The zero-order chi connectivity index (χ0) is 12.7. The fourth-order valence-electron chi connectivity index (χ4n) is 2.43. The van der Waals surface area contributed by atoms with Crippen LogP contribution in [-0.4, -0.2) is 37.3 Å². The van der Waals surface area contributed by atoms with E-state index in [1.54, 1.807) is 6.33 Å². The molecule has 3 rings (SSSR count). The first-order valence-corrected chi connectivity index (χ1v) is 5.90. The second kappa shape index (κ2) is 4.18. The average Bonchev–Trinajstić information content (AvgIpc) is 2.93. The van der Waals surface area contributed by atoms with Crippen molar-refractivity contribution in [2.75, 3.05) is 12.3 Å². The summed E-state index contributed by atoms with van der Waals surface area (Å²) in [6.07, 6.45) is 3.61. The smallest absolute Gasteiger partial charge is 0.167 e. The highest BCUT2D eigenvalue weighted by atomic mass is 16.5. The second-order valence-electron chi connectivity index (χ2n) is 4.63. The van der Waals surface area contributed by atoms with Crippen molar-refractivity contribution < 1.29 is 9.84 Å². The minimum Gasteiger partial charge on any atom is -0.394 e. The summed E-state index contributed by atoms with van der Waals surface area (Å²) in [4.78, 5) is 12.3. The van der Waals surface area contributed by atoms with Crippen LogP contribution in [0.15, 0.2) is 12.7 Å². The third kappa shape index (κ3) is 1.63. The Morgan fingerprint density at radius 2 is 2.33 bits per heavy atom. The van der Waals surface area contributed by atoms with Gasteiger partial charge in [0.1, 0.15) is 18.1 Å². The van der Waals surface area contributed by atoms with E-state index < -0.39 is 0 Å². The van der Waals surface area contributed by atoms with Crippen LogP contribution in [0.3, 0.4) is 0 Å². The van der Waals surface area contributed by atoms with Gasteiger partial charge in [0.05, 0.1) is 19.0 Å². The Balaban J connectivity index is 2.02. The van der Waals surface area contributed by atoms with Crippen LogP contribution in [0.2, 0.25) is 0 Å². The van der Waals surface area contributed by atoms with E-state index in [4.69, 9.17) is 15.6 Å². The van der Waals surface area contributed by atoms with Crippen molar-refractivity contribution in [1.29, 1.82) is 0 Å². The summed E-state index contributed by atoms with van der Waals surface area (Å²) in [7, 11) is 0. The summed E-state index contributed by atoms with van der Waals surface area (Å²) >= 11 is 0. The molecule has 3 N–H and O–H groups in total. The zero-order valence-electron chi connectivity index (χ0n) is 10.0. The van der Waals surface area contributed by atoms with Crippen molar-refractivity contribution in [3.63, 3.8) is 0 Å². The molecule has 1 saturated heterocycles. The van der Waals surface area contributed by atoms with Crippen molar-refractivity contribution in [3.05, 3.63) is 12.7 Å². The van der Waals surface area contributed by atoms with Crippen molar-refractivity contribution in [3.8, 4) is 0 Å². The molecule has 0 spiro atoms. The number of anilines is 1. The Bertz CT molecular complexity index is 570. The quantitative estimate of drug-likeness (QED) is 0.795. The molecular formula is C11H15N5O2. The number of nitrogen functional groups attached to an aromatic ring is 1. The highest BCUT2D eigenvalue weighted by molar-refractivity contribution is 5.81. The standard InChI is InChI=1S/C11H15N5O2/c1-6-2-7(3-17)18-11(6)16-5-15-8-9(12)13-4-14-10(8)16/h4-7,11,17H,2-3H2,1H3,(H2,12,13,14)/t6-,7-,11+/m0/s1. The van der Waals surface area contributed by atoms with Gasteiger partial charge in [-0.25, -0.2) is 15.0 Å². The molecule has 1 aliphatic rings. The van der Waals surface area contributed by atoms with Crippen LogP contribution in [0.5, 0.6) is 0 Å². The minimum absolute atomic E-state index is 0.0323. The van der Waals surface area contributed by atoms with E-state index in [1.807, 2.05) is 4.57 Å². The predicted molar refractivity (Wildman–Crippen MR) is 64.5 cm³/mol. The first-order chi connectivity index (χ1) is 8.70. The highest BCUT2D eigenvalue weighted by Crippen LogP contribution is 2.35. The number of ether oxygens (including phenoxy) is 1. The molecule has 0 amide bonds. The van der Waals surface area contributed by atoms with Gasteiger partial charge < -0.3 is 15.6 Å². The van der Waals surface area contributed by atoms with Gasteiger partial charge in [0.2, 0.25) is 0 Å². The van der Waals surface area contributed by atoms with Crippen molar-refractivity contribution in [2.24, 2.45) is 5.92 Å². The molecule has 0 aromatic carbocycles. The average molecular weight is 249 g/mol. The molecule has 3 atom stereocenters. The number of fused-ring (bicyclic) bond motifs is 1. The number of aliphatic hydroxyl groups excluding tert-OH is 1. The summed E-state index contributed by atoms with van der Waals surface area (Å²) < 4.78 is 7.64. The van der Waals surface area contributed by atoms with E-state index in [0.717, 1.165) is 6.42 Å². The lowest BCUT2D eigenvalue weighted by Crippen LogP contribution is -2.15. The largest absolute Gasteiger partial charge is 0.394 e. The fourth-order valence-corrected chi connectivity index (χ4v) is 2.43. The van der Waals surface area contributed by atoms with Gasteiger partial charge >= 0.3 is 0 Å². The van der Waals surface area contributed by atoms with Crippen LogP contribution >= 0.6 is 0 Å². The Hall–Kier alpha value is -1.73. The molecule has 7 nitrogen and oxygen atoms in total. The summed E-state index contributed by atoms with van der Waals surface area (Å²) in [6.45, 7) is 2.11. The zero-order valence-corrected chi connectivity index (χ0v) is 10.0. The summed E-state index contributed by atoms with van der Waals surface area (Å²) in [5, 5.41) is 9.16. The summed E-state index contributed by atoms with van der Waals surface area (Å²) in [6, 6.07) is 0. The SMILES string of the molecule is C[C@H]1C[C@@H](CO)O[C@H]1n1cnc2c(N)ncnc21. The van der Waals surface area contributed by atoms with Crippen molar-refractivity contribution in [1.82, 2.24) is 19.5 Å². The molecule has 0 saturated carbocycles. The van der Waals surface area contributed by atoms with Crippen LogP contribution in [0.1, 0.15) is 19.6 Å². The molecule has 1 aliphatic heterocycles. The lowest BCUT2D eigenvalue weighted by Gasteiger charge is -2.17. The third-order valence-corrected chi connectivity index (χ3v) is 3.32. The van der Waals surface area contributed by atoms with Crippen LogP contribution in [0.25, 0.3) is 11.2 Å². The summed E-state index contributed by atoms with van der Waals surface area (Å²) in [5.74, 6) is 0.652. The predicted octanol–water partition coefficient (Wildman–Crippen LogP) is 0.324. The number of aromatic nitrogens is 4. The van der Waals surface area contributed by atoms with Gasteiger partial charge in [-0.1, -0.05) is 6.92 Å². The van der Waals surface area contributed by atoms with E-state index in [9.17, 15) is 0 Å². The van der Waals surface area contributed by atoms with Gasteiger partial charge in [0.25, 0.3) is 0 Å². The topological polar surface area (TPSA) is 99.1 Å². The Morgan fingerprint density at radius 3 is 3.06 bits per heavy atom. The normalized spacial score (nSPS) is 28.0. The monoisotopic (exact) mass is 249 g/mol. The number of nitrogens with two attached hydrogens (primary N) is 1. The van der Waals surface area contributed by atoms with Gasteiger partial charge in [0.15, 0.2) is 11.5 Å². The van der Waals surface area contributed by atoms with E-state index >= 15 is 0 Å². The van der Waals surface area contributed by atoms with E-state index in [-0.39, 0.29) is 24.9 Å². The highest BCUT2D eigenvalue weighted by Gasteiger charge is 2.34. The molecule has 0 aliphatic carbocycles. The number of aliphatic hydroxyl groups is 1. The van der Waals surface area contributed by atoms with Crippen molar-refractivity contribution in [2.45, 2.75) is 25.7 Å². The maximum atomic E-state index is 9.16. The second-order valence-corrected chi connectivity index (χ2v) is 4.63. The van der Waals surface area contributed by atoms with E-state index in [1.165, 1.54) is 6.33 Å². The molecule has 0 bridgehead atoms. The van der Waals surface area contributed by atoms with Gasteiger partial charge in [-0.2, -0.15) is 0 Å². The van der Waals surface area contributed by atoms with Crippen LogP contribution in [0.4, 0.5) is 5.82 Å². The number of hydrogen-bond donors (Lipinski definition) is 2. The third-order valence-electron chi connectivity index (χ3n) is 3.32. The Labute approximate surface area is 104 Å². The molecular weight excluding hydrogens is 234 g/mol. The fraction of sp³-hybridized carbons (Fsp3) is 0.545. The number of hydrogen-bond acceptors (Lipinski definition) is 6.